The molecule has 2 aromatic rings. The molecular weight excluding hydrogens is 506 g/mol. The number of aromatic nitrogens is 1. The first-order valence-corrected chi connectivity index (χ1v) is 13.1. The van der Waals surface area contributed by atoms with E-state index >= 15 is 0 Å². The zero-order valence-corrected chi connectivity index (χ0v) is 22.1. The Labute approximate surface area is 220 Å². The van der Waals surface area contributed by atoms with Gasteiger partial charge in [0.15, 0.2) is 12.2 Å². The van der Waals surface area contributed by atoms with E-state index in [1.807, 2.05) is 24.0 Å². The number of nitrogens with zero attached hydrogens (tertiary/aromatic N) is 1. The number of carboxylic acids is 2. The van der Waals surface area contributed by atoms with E-state index in [2.05, 4.69) is 54.6 Å². The maximum absolute atomic E-state index is 9.77. The molecule has 0 fully saturated rings. The lowest BCUT2D eigenvalue weighted by Crippen LogP contribution is -2.39. The molecule has 1 aliphatic heterocycles. The standard InChI is InChI=1S/C21H28ClN3S.C4H6O6/c1-14(2)13-26-17-5-7-20(24-12-17)15(3)25-21-18-9-11-23-10-8-16(18)4-6-19(21)22;5-1(3(7)8)2(6)4(9)10/h4-7,12,14-15,23,25H,8-11,13H2,1-3H3;1-2,5-6H,(H,7,8)(H,9,10)/t;1-,2-/m.1/s1. The topological polar surface area (TPSA) is 152 Å². The van der Waals surface area contributed by atoms with E-state index in [9.17, 15) is 9.59 Å². The van der Waals surface area contributed by atoms with Gasteiger partial charge >= 0.3 is 11.9 Å². The summed E-state index contributed by atoms with van der Waals surface area (Å²) in [4.78, 5) is 25.4. The quantitative estimate of drug-likeness (QED) is 0.262. The molecule has 1 aromatic heterocycles. The van der Waals surface area contributed by atoms with Crippen molar-refractivity contribution in [1.82, 2.24) is 10.3 Å². The Balaban J connectivity index is 0.000000388. The van der Waals surface area contributed by atoms with Crippen LogP contribution in [0.5, 0.6) is 0 Å². The van der Waals surface area contributed by atoms with Crippen molar-refractivity contribution in [3.05, 3.63) is 52.3 Å². The van der Waals surface area contributed by atoms with Gasteiger partial charge in [-0.1, -0.05) is 31.5 Å². The second-order valence-electron chi connectivity index (χ2n) is 8.87. The minimum Gasteiger partial charge on any atom is -0.479 e. The van der Waals surface area contributed by atoms with Gasteiger partial charge in [-0.05, 0) is 68.1 Å². The van der Waals surface area contributed by atoms with Gasteiger partial charge in [0.1, 0.15) is 0 Å². The largest absolute Gasteiger partial charge is 0.479 e. The SMILES string of the molecule is CC(C)CSc1ccc(C(C)Nc2c(Cl)ccc3c2CCNCC3)nc1.O=C(O)[C@H](O)[C@@H](O)C(=O)O. The van der Waals surface area contributed by atoms with Crippen LogP contribution in [0.2, 0.25) is 5.02 Å². The van der Waals surface area contributed by atoms with Crippen LogP contribution in [-0.4, -0.2) is 68.4 Å². The molecule has 11 heteroatoms. The molecule has 0 saturated heterocycles. The molecule has 0 spiro atoms. The number of aliphatic hydroxyl groups excluding tert-OH is 2. The number of benzene rings is 1. The van der Waals surface area contributed by atoms with Crippen molar-refractivity contribution >= 4 is 41.0 Å². The zero-order chi connectivity index (χ0) is 26.8. The van der Waals surface area contributed by atoms with Gasteiger partial charge in [-0.25, -0.2) is 9.59 Å². The third kappa shape index (κ3) is 8.94. The molecule has 0 radical (unpaired) electrons. The van der Waals surface area contributed by atoms with E-state index in [0.29, 0.717) is 5.92 Å². The third-order valence-corrected chi connectivity index (χ3v) is 7.16. The summed E-state index contributed by atoms with van der Waals surface area (Å²) in [7, 11) is 0. The number of pyridine rings is 1. The van der Waals surface area contributed by atoms with Gasteiger partial charge in [-0.2, -0.15) is 0 Å². The molecule has 3 atom stereocenters. The summed E-state index contributed by atoms with van der Waals surface area (Å²) in [5.74, 6) is -1.73. The lowest BCUT2D eigenvalue weighted by molar-refractivity contribution is -0.165. The molecule has 3 rings (SSSR count). The molecule has 198 valence electrons. The summed E-state index contributed by atoms with van der Waals surface area (Å²) in [6.07, 6.45) is -0.494. The van der Waals surface area contributed by atoms with Crippen LogP contribution in [0.15, 0.2) is 35.4 Å². The number of hydrogen-bond donors (Lipinski definition) is 6. The molecule has 0 amide bonds. The van der Waals surface area contributed by atoms with E-state index in [1.54, 1.807) is 0 Å². The summed E-state index contributed by atoms with van der Waals surface area (Å²) >= 11 is 8.40. The van der Waals surface area contributed by atoms with Crippen molar-refractivity contribution in [2.75, 3.05) is 24.2 Å². The Morgan fingerprint density at radius 1 is 1.06 bits per heavy atom. The van der Waals surface area contributed by atoms with Crippen LogP contribution < -0.4 is 10.6 Å². The first-order chi connectivity index (χ1) is 17.0. The second kappa shape index (κ2) is 14.4. The Morgan fingerprint density at radius 3 is 2.25 bits per heavy atom. The normalized spacial score (nSPS) is 15.5. The molecule has 0 bridgehead atoms. The smallest absolute Gasteiger partial charge is 0.335 e. The van der Waals surface area contributed by atoms with Crippen molar-refractivity contribution in [1.29, 1.82) is 0 Å². The van der Waals surface area contributed by atoms with E-state index in [-0.39, 0.29) is 6.04 Å². The maximum atomic E-state index is 9.77. The van der Waals surface area contributed by atoms with Gasteiger partial charge in [0.2, 0.25) is 0 Å². The fourth-order valence-corrected chi connectivity index (χ4v) is 4.51. The van der Waals surface area contributed by atoms with Crippen molar-refractivity contribution < 1.29 is 30.0 Å². The van der Waals surface area contributed by atoms with Crippen LogP contribution in [0.4, 0.5) is 5.69 Å². The highest BCUT2D eigenvalue weighted by atomic mass is 35.5. The van der Waals surface area contributed by atoms with E-state index < -0.39 is 24.1 Å². The van der Waals surface area contributed by atoms with Gasteiger partial charge in [0, 0.05) is 16.8 Å². The molecule has 1 unspecified atom stereocenters. The van der Waals surface area contributed by atoms with Gasteiger partial charge in [-0.3, -0.25) is 4.98 Å². The number of anilines is 1. The Morgan fingerprint density at radius 2 is 1.69 bits per heavy atom. The molecule has 6 N–H and O–H groups in total. The van der Waals surface area contributed by atoms with Crippen molar-refractivity contribution in [3.8, 4) is 0 Å². The molecule has 2 heterocycles. The molecule has 36 heavy (non-hydrogen) atoms. The number of aliphatic hydroxyl groups is 2. The van der Waals surface area contributed by atoms with Gasteiger partial charge < -0.3 is 31.1 Å². The summed E-state index contributed by atoms with van der Waals surface area (Å²) in [5.41, 5.74) is 4.85. The molecular formula is C25H34ClN3O6S. The van der Waals surface area contributed by atoms with E-state index in [1.165, 1.54) is 16.0 Å². The number of rotatable bonds is 9. The first kappa shape index (κ1) is 29.9. The minimum atomic E-state index is -2.27. The summed E-state index contributed by atoms with van der Waals surface area (Å²) in [6.45, 7) is 8.65. The van der Waals surface area contributed by atoms with Gasteiger partial charge in [0.25, 0.3) is 0 Å². The highest BCUT2D eigenvalue weighted by Crippen LogP contribution is 2.33. The monoisotopic (exact) mass is 539 g/mol. The van der Waals surface area contributed by atoms with Crippen LogP contribution in [0.3, 0.4) is 0 Å². The van der Waals surface area contributed by atoms with Gasteiger partial charge in [0.05, 0.1) is 22.4 Å². The summed E-state index contributed by atoms with van der Waals surface area (Å²) in [5, 5.41) is 40.4. The fraction of sp³-hybridized carbons (Fsp3) is 0.480. The predicted molar refractivity (Wildman–Crippen MR) is 141 cm³/mol. The van der Waals surface area contributed by atoms with E-state index in [0.717, 1.165) is 48.1 Å². The number of thioether (sulfide) groups is 1. The molecule has 1 aromatic carbocycles. The van der Waals surface area contributed by atoms with Crippen LogP contribution >= 0.6 is 23.4 Å². The average molecular weight is 540 g/mol. The number of halogens is 1. The predicted octanol–water partition coefficient (Wildman–Crippen LogP) is 3.22. The zero-order valence-electron chi connectivity index (χ0n) is 20.6. The average Bonchev–Trinajstić information content (AvgIpc) is 3.09. The van der Waals surface area contributed by atoms with Crippen molar-refractivity contribution in [2.45, 2.75) is 56.8 Å². The third-order valence-electron chi connectivity index (χ3n) is 5.43. The molecule has 0 saturated carbocycles. The highest BCUT2D eigenvalue weighted by molar-refractivity contribution is 7.99. The van der Waals surface area contributed by atoms with Crippen LogP contribution in [0, 0.1) is 5.92 Å². The molecule has 0 aliphatic carbocycles. The Hall–Kier alpha value is -2.37. The molecule has 9 nitrogen and oxygen atoms in total. The van der Waals surface area contributed by atoms with Crippen LogP contribution in [-0.2, 0) is 22.4 Å². The number of aliphatic carboxylic acids is 2. The van der Waals surface area contributed by atoms with Crippen LogP contribution in [0.25, 0.3) is 0 Å². The number of hydrogen-bond acceptors (Lipinski definition) is 8. The maximum Gasteiger partial charge on any atom is 0.335 e. The Bertz CT molecular complexity index is 1000. The molecule has 1 aliphatic rings. The lowest BCUT2D eigenvalue weighted by atomic mass is 10.00. The van der Waals surface area contributed by atoms with Crippen molar-refractivity contribution in [3.63, 3.8) is 0 Å². The number of carbonyl (C=O) groups is 2. The fourth-order valence-electron chi connectivity index (χ4n) is 3.46. The Kier molecular flexibility index (Phi) is 11.9. The van der Waals surface area contributed by atoms with Crippen LogP contribution in [0.1, 0.15) is 43.6 Å². The first-order valence-electron chi connectivity index (χ1n) is 11.7. The second-order valence-corrected chi connectivity index (χ2v) is 10.4. The van der Waals surface area contributed by atoms with Gasteiger partial charge in [-0.15, -0.1) is 11.8 Å². The lowest BCUT2D eigenvalue weighted by Gasteiger charge is -2.21. The summed E-state index contributed by atoms with van der Waals surface area (Å²) in [6, 6.07) is 8.58. The number of nitrogens with one attached hydrogen (secondary N) is 2. The van der Waals surface area contributed by atoms with Crippen molar-refractivity contribution in [2.24, 2.45) is 5.92 Å². The highest BCUT2D eigenvalue weighted by Gasteiger charge is 2.29. The number of fused-ring (bicyclic) bond motifs is 1. The van der Waals surface area contributed by atoms with E-state index in [4.69, 9.17) is 32.0 Å². The number of carboxylic acid groups (broad SMARTS) is 2. The summed E-state index contributed by atoms with van der Waals surface area (Å²) < 4.78 is 0. The minimum absolute atomic E-state index is 0.111.